The first-order valence-corrected chi connectivity index (χ1v) is 9.66. The van der Waals surface area contributed by atoms with Crippen molar-refractivity contribution >= 4 is 45.5 Å². The number of carbonyl (C=O) groups is 1. The standard InChI is InChI=1S/C18H18N4O2S2/c1-12-4-3-5-14(10-12)19-16(23)11-25-18-22-21-17(26-18)20-13-6-8-15(24-2)9-7-13/h3-10H,11H2,1-2H3,(H,19,23)(H,20,21). The zero-order valence-electron chi connectivity index (χ0n) is 14.4. The van der Waals surface area contributed by atoms with Crippen LogP contribution in [0, 0.1) is 6.92 Å². The number of aryl methyl sites for hydroxylation is 1. The number of methoxy groups -OCH3 is 1. The van der Waals surface area contributed by atoms with Crippen LogP contribution >= 0.6 is 23.1 Å². The molecule has 0 fully saturated rings. The predicted octanol–water partition coefficient (Wildman–Crippen LogP) is 4.33. The lowest BCUT2D eigenvalue weighted by Crippen LogP contribution is -2.13. The van der Waals surface area contributed by atoms with E-state index in [9.17, 15) is 4.79 Å². The normalized spacial score (nSPS) is 10.4. The van der Waals surface area contributed by atoms with Gasteiger partial charge in [0, 0.05) is 11.4 Å². The largest absolute Gasteiger partial charge is 0.497 e. The Morgan fingerprint density at radius 1 is 1.15 bits per heavy atom. The Morgan fingerprint density at radius 3 is 2.69 bits per heavy atom. The zero-order chi connectivity index (χ0) is 18.4. The molecule has 1 aromatic heterocycles. The summed E-state index contributed by atoms with van der Waals surface area (Å²) >= 11 is 2.77. The summed E-state index contributed by atoms with van der Waals surface area (Å²) in [5.74, 6) is 1.01. The van der Waals surface area contributed by atoms with Gasteiger partial charge >= 0.3 is 0 Å². The molecule has 0 saturated carbocycles. The Morgan fingerprint density at radius 2 is 1.96 bits per heavy atom. The number of benzene rings is 2. The molecule has 2 N–H and O–H groups in total. The molecule has 0 unspecified atom stereocenters. The van der Waals surface area contributed by atoms with E-state index in [2.05, 4.69) is 20.8 Å². The van der Waals surface area contributed by atoms with Crippen molar-refractivity contribution in [2.45, 2.75) is 11.3 Å². The van der Waals surface area contributed by atoms with Crippen LogP contribution in [0.25, 0.3) is 0 Å². The molecule has 3 rings (SSSR count). The molecule has 0 atom stereocenters. The van der Waals surface area contributed by atoms with E-state index in [1.54, 1.807) is 7.11 Å². The molecule has 0 aliphatic heterocycles. The Labute approximate surface area is 160 Å². The van der Waals surface area contributed by atoms with Gasteiger partial charge in [0.2, 0.25) is 11.0 Å². The average molecular weight is 387 g/mol. The zero-order valence-corrected chi connectivity index (χ0v) is 16.0. The molecule has 0 aliphatic rings. The van der Waals surface area contributed by atoms with Gasteiger partial charge < -0.3 is 15.4 Å². The van der Waals surface area contributed by atoms with Crippen molar-refractivity contribution in [2.75, 3.05) is 23.5 Å². The van der Waals surface area contributed by atoms with Gasteiger partial charge in [0.1, 0.15) is 5.75 Å². The molecule has 0 spiro atoms. The van der Waals surface area contributed by atoms with E-state index in [1.165, 1.54) is 23.1 Å². The van der Waals surface area contributed by atoms with Crippen molar-refractivity contribution in [3.63, 3.8) is 0 Å². The molecule has 2 aromatic carbocycles. The van der Waals surface area contributed by atoms with Crippen LogP contribution < -0.4 is 15.4 Å². The van der Waals surface area contributed by atoms with Gasteiger partial charge in [-0.15, -0.1) is 10.2 Å². The SMILES string of the molecule is COc1ccc(Nc2nnc(SCC(=O)Nc3cccc(C)c3)s2)cc1. The number of rotatable bonds is 7. The molecule has 6 nitrogen and oxygen atoms in total. The Balaban J connectivity index is 1.50. The summed E-state index contributed by atoms with van der Waals surface area (Å²) in [7, 11) is 1.63. The summed E-state index contributed by atoms with van der Waals surface area (Å²) in [5, 5.41) is 14.9. The fourth-order valence-corrected chi connectivity index (χ4v) is 3.74. The lowest BCUT2D eigenvalue weighted by Gasteiger charge is -2.04. The number of hydrogen-bond acceptors (Lipinski definition) is 7. The first-order chi connectivity index (χ1) is 12.6. The van der Waals surface area contributed by atoms with Crippen LogP contribution in [0.1, 0.15) is 5.56 Å². The molecule has 0 radical (unpaired) electrons. The fourth-order valence-electron chi connectivity index (χ4n) is 2.16. The van der Waals surface area contributed by atoms with Crippen molar-refractivity contribution in [3.05, 3.63) is 54.1 Å². The van der Waals surface area contributed by atoms with Crippen molar-refractivity contribution in [3.8, 4) is 5.75 Å². The predicted molar refractivity (Wildman–Crippen MR) is 107 cm³/mol. The number of hydrogen-bond donors (Lipinski definition) is 2. The van der Waals surface area contributed by atoms with E-state index >= 15 is 0 Å². The second-order valence-electron chi connectivity index (χ2n) is 5.43. The molecule has 1 heterocycles. The Hall–Kier alpha value is -2.58. The summed E-state index contributed by atoms with van der Waals surface area (Å²) in [5.41, 5.74) is 2.80. The lowest BCUT2D eigenvalue weighted by atomic mass is 10.2. The molecule has 26 heavy (non-hydrogen) atoms. The van der Waals surface area contributed by atoms with E-state index in [0.29, 0.717) is 5.13 Å². The number of carbonyl (C=O) groups excluding carboxylic acids is 1. The molecular weight excluding hydrogens is 368 g/mol. The summed E-state index contributed by atoms with van der Waals surface area (Å²) in [4.78, 5) is 12.1. The van der Waals surface area contributed by atoms with Gasteiger partial charge in [-0.05, 0) is 48.9 Å². The minimum Gasteiger partial charge on any atom is -0.497 e. The summed E-state index contributed by atoms with van der Waals surface area (Å²) in [6, 6.07) is 15.3. The van der Waals surface area contributed by atoms with Crippen LogP contribution in [0.4, 0.5) is 16.5 Å². The molecule has 8 heteroatoms. The maximum atomic E-state index is 12.1. The van der Waals surface area contributed by atoms with E-state index < -0.39 is 0 Å². The molecular formula is C18H18N4O2S2. The van der Waals surface area contributed by atoms with Crippen molar-refractivity contribution in [1.82, 2.24) is 10.2 Å². The smallest absolute Gasteiger partial charge is 0.234 e. The molecule has 0 aliphatic carbocycles. The van der Waals surface area contributed by atoms with Crippen molar-refractivity contribution in [1.29, 1.82) is 0 Å². The molecule has 0 saturated heterocycles. The Kier molecular flexibility index (Phi) is 6.08. The van der Waals surface area contributed by atoms with E-state index in [4.69, 9.17) is 4.74 Å². The monoisotopic (exact) mass is 386 g/mol. The van der Waals surface area contributed by atoms with Crippen LogP contribution in [-0.2, 0) is 4.79 Å². The van der Waals surface area contributed by atoms with Gasteiger partial charge in [0.05, 0.1) is 12.9 Å². The number of thioether (sulfide) groups is 1. The maximum Gasteiger partial charge on any atom is 0.234 e. The number of anilines is 3. The van der Waals surface area contributed by atoms with Gasteiger partial charge in [-0.2, -0.15) is 0 Å². The van der Waals surface area contributed by atoms with Gasteiger partial charge in [0.25, 0.3) is 0 Å². The highest BCUT2D eigenvalue weighted by Crippen LogP contribution is 2.28. The highest BCUT2D eigenvalue weighted by molar-refractivity contribution is 8.01. The van der Waals surface area contributed by atoms with Crippen molar-refractivity contribution in [2.24, 2.45) is 0 Å². The quantitative estimate of drug-likeness (QED) is 0.589. The third-order valence-corrected chi connectivity index (χ3v) is 5.35. The number of amides is 1. The minimum absolute atomic E-state index is 0.0690. The summed E-state index contributed by atoms with van der Waals surface area (Å²) < 4.78 is 5.87. The van der Waals surface area contributed by atoms with Crippen LogP contribution in [-0.4, -0.2) is 29.0 Å². The Bertz CT molecular complexity index is 881. The van der Waals surface area contributed by atoms with Crippen LogP contribution in [0.5, 0.6) is 5.75 Å². The third kappa shape index (κ3) is 5.21. The average Bonchev–Trinajstić information content (AvgIpc) is 3.08. The highest BCUT2D eigenvalue weighted by Gasteiger charge is 2.09. The van der Waals surface area contributed by atoms with Crippen LogP contribution in [0.2, 0.25) is 0 Å². The molecule has 3 aromatic rings. The number of nitrogens with one attached hydrogen (secondary N) is 2. The van der Waals surface area contributed by atoms with E-state index in [1.807, 2.05) is 55.5 Å². The van der Waals surface area contributed by atoms with Gasteiger partial charge in [0.15, 0.2) is 4.34 Å². The topological polar surface area (TPSA) is 76.1 Å². The second kappa shape index (κ2) is 8.68. The van der Waals surface area contributed by atoms with Gasteiger partial charge in [-0.1, -0.05) is 35.2 Å². The number of nitrogens with zero attached hydrogens (tertiary/aromatic N) is 2. The van der Waals surface area contributed by atoms with Crippen LogP contribution in [0.15, 0.2) is 52.9 Å². The summed E-state index contributed by atoms with van der Waals surface area (Å²) in [6.45, 7) is 1.99. The molecule has 1 amide bonds. The first kappa shape index (κ1) is 18.2. The number of ether oxygens (including phenoxy) is 1. The lowest BCUT2D eigenvalue weighted by molar-refractivity contribution is -0.113. The number of aromatic nitrogens is 2. The minimum atomic E-state index is -0.0690. The fraction of sp³-hybridized carbons (Fsp3) is 0.167. The van der Waals surface area contributed by atoms with Crippen LogP contribution in [0.3, 0.4) is 0 Å². The maximum absolute atomic E-state index is 12.1. The summed E-state index contributed by atoms with van der Waals surface area (Å²) in [6.07, 6.45) is 0. The van der Waals surface area contributed by atoms with Gasteiger partial charge in [-0.25, -0.2) is 0 Å². The molecule has 0 bridgehead atoms. The molecule has 134 valence electrons. The highest BCUT2D eigenvalue weighted by atomic mass is 32.2. The van der Waals surface area contributed by atoms with E-state index in [0.717, 1.165) is 27.0 Å². The van der Waals surface area contributed by atoms with E-state index in [-0.39, 0.29) is 11.7 Å². The second-order valence-corrected chi connectivity index (χ2v) is 7.63. The first-order valence-electron chi connectivity index (χ1n) is 7.86. The van der Waals surface area contributed by atoms with Gasteiger partial charge in [-0.3, -0.25) is 4.79 Å². The van der Waals surface area contributed by atoms with Crippen molar-refractivity contribution < 1.29 is 9.53 Å². The third-order valence-electron chi connectivity index (χ3n) is 3.38.